The standard InChI is InChI=1S/C22H24N4O2/c1-3-14(2)13-19(27)16-8-6-15(7-9-16)18-5-4-12-26-20(18)23-22(25-26)24-21(28)17-10-11-17/h4-9,12,14,17H,3,10-11,13H2,1-2H3,(H,24,25,28). The van der Waals surface area contributed by atoms with Crippen molar-refractivity contribution in [1.29, 1.82) is 0 Å². The van der Waals surface area contributed by atoms with Crippen LogP contribution in [0.1, 0.15) is 49.9 Å². The van der Waals surface area contributed by atoms with Gasteiger partial charge in [-0.15, -0.1) is 5.10 Å². The van der Waals surface area contributed by atoms with E-state index in [4.69, 9.17) is 0 Å². The molecule has 0 saturated heterocycles. The highest BCUT2D eigenvalue weighted by Crippen LogP contribution is 2.30. The van der Waals surface area contributed by atoms with Crippen LogP contribution in [0.4, 0.5) is 5.95 Å². The highest BCUT2D eigenvalue weighted by Gasteiger charge is 2.30. The number of nitrogens with one attached hydrogen (secondary N) is 1. The number of carbonyl (C=O) groups is 2. The van der Waals surface area contributed by atoms with Crippen LogP contribution in [0.15, 0.2) is 42.6 Å². The van der Waals surface area contributed by atoms with Crippen molar-refractivity contribution < 1.29 is 9.59 Å². The van der Waals surface area contributed by atoms with Crippen LogP contribution in [0.2, 0.25) is 0 Å². The zero-order chi connectivity index (χ0) is 19.7. The molecule has 2 heterocycles. The molecule has 3 aromatic rings. The van der Waals surface area contributed by atoms with E-state index in [1.807, 2.05) is 42.6 Å². The topological polar surface area (TPSA) is 76.4 Å². The van der Waals surface area contributed by atoms with Crippen molar-refractivity contribution in [2.24, 2.45) is 11.8 Å². The number of amides is 1. The lowest BCUT2D eigenvalue weighted by Gasteiger charge is -2.08. The fourth-order valence-corrected chi connectivity index (χ4v) is 3.16. The third kappa shape index (κ3) is 3.81. The number of fused-ring (bicyclic) bond motifs is 1. The van der Waals surface area contributed by atoms with E-state index in [9.17, 15) is 9.59 Å². The fourth-order valence-electron chi connectivity index (χ4n) is 3.16. The molecule has 1 aliphatic rings. The molecule has 1 atom stereocenters. The third-order valence-corrected chi connectivity index (χ3v) is 5.29. The van der Waals surface area contributed by atoms with Gasteiger partial charge in [0.15, 0.2) is 11.4 Å². The van der Waals surface area contributed by atoms with Gasteiger partial charge in [-0.3, -0.25) is 14.9 Å². The Morgan fingerprint density at radius 3 is 2.64 bits per heavy atom. The third-order valence-electron chi connectivity index (χ3n) is 5.29. The predicted octanol–water partition coefficient (Wildman–Crippen LogP) is 4.36. The van der Waals surface area contributed by atoms with Crippen molar-refractivity contribution in [3.63, 3.8) is 0 Å². The van der Waals surface area contributed by atoms with Crippen LogP contribution in [-0.2, 0) is 4.79 Å². The minimum Gasteiger partial charge on any atom is -0.294 e. The number of benzene rings is 1. The maximum absolute atomic E-state index is 12.4. The Morgan fingerprint density at radius 1 is 1.21 bits per heavy atom. The van der Waals surface area contributed by atoms with E-state index in [1.54, 1.807) is 4.52 Å². The smallest absolute Gasteiger partial charge is 0.249 e. The van der Waals surface area contributed by atoms with Gasteiger partial charge in [0.05, 0.1) is 0 Å². The van der Waals surface area contributed by atoms with Crippen LogP contribution in [-0.4, -0.2) is 26.3 Å². The maximum atomic E-state index is 12.4. The molecule has 1 amide bonds. The molecule has 4 rings (SSSR count). The Kier molecular flexibility index (Phi) is 4.94. The van der Waals surface area contributed by atoms with E-state index in [2.05, 4.69) is 29.2 Å². The summed E-state index contributed by atoms with van der Waals surface area (Å²) in [5.74, 6) is 0.978. The van der Waals surface area contributed by atoms with Gasteiger partial charge in [-0.05, 0) is 36.5 Å². The first-order chi connectivity index (χ1) is 13.5. The average Bonchev–Trinajstić information content (AvgIpc) is 3.48. The molecule has 1 saturated carbocycles. The number of nitrogens with zero attached hydrogens (tertiary/aromatic N) is 3. The van der Waals surface area contributed by atoms with E-state index < -0.39 is 0 Å². The SMILES string of the molecule is CCC(C)CC(=O)c1ccc(-c2cccn3nc(NC(=O)C4CC4)nc23)cc1. The number of hydrogen-bond acceptors (Lipinski definition) is 4. The van der Waals surface area contributed by atoms with E-state index in [0.717, 1.165) is 36.0 Å². The molecule has 1 unspecified atom stereocenters. The number of aromatic nitrogens is 3. The normalized spacial score (nSPS) is 14.8. The highest BCUT2D eigenvalue weighted by molar-refractivity contribution is 5.97. The van der Waals surface area contributed by atoms with E-state index in [-0.39, 0.29) is 17.6 Å². The van der Waals surface area contributed by atoms with Crippen LogP contribution in [0.5, 0.6) is 0 Å². The van der Waals surface area contributed by atoms with Gasteiger partial charge < -0.3 is 0 Å². The van der Waals surface area contributed by atoms with Crippen LogP contribution in [0.25, 0.3) is 16.8 Å². The second-order valence-electron chi connectivity index (χ2n) is 7.61. The minimum absolute atomic E-state index is 0.0124. The van der Waals surface area contributed by atoms with Crippen molar-refractivity contribution >= 4 is 23.3 Å². The molecule has 1 N–H and O–H groups in total. The van der Waals surface area contributed by atoms with Crippen LogP contribution < -0.4 is 5.32 Å². The Morgan fingerprint density at radius 2 is 1.96 bits per heavy atom. The Labute approximate surface area is 164 Å². The first kappa shape index (κ1) is 18.3. The highest BCUT2D eigenvalue weighted by atomic mass is 16.2. The molecule has 1 aromatic carbocycles. The Hall–Kier alpha value is -3.02. The predicted molar refractivity (Wildman–Crippen MR) is 108 cm³/mol. The summed E-state index contributed by atoms with van der Waals surface area (Å²) in [4.78, 5) is 28.8. The molecular weight excluding hydrogens is 352 g/mol. The zero-order valence-electron chi connectivity index (χ0n) is 16.2. The van der Waals surface area contributed by atoms with Crippen molar-refractivity contribution in [2.75, 3.05) is 5.32 Å². The summed E-state index contributed by atoms with van der Waals surface area (Å²) in [6, 6.07) is 11.5. The summed E-state index contributed by atoms with van der Waals surface area (Å²) in [6.45, 7) is 4.19. The van der Waals surface area contributed by atoms with Gasteiger partial charge in [0.25, 0.3) is 0 Å². The van der Waals surface area contributed by atoms with Gasteiger partial charge in [-0.2, -0.15) is 4.98 Å². The van der Waals surface area contributed by atoms with Crippen molar-refractivity contribution in [1.82, 2.24) is 14.6 Å². The lowest BCUT2D eigenvalue weighted by atomic mass is 9.96. The molecule has 0 spiro atoms. The molecule has 0 radical (unpaired) electrons. The van der Waals surface area contributed by atoms with Crippen LogP contribution >= 0.6 is 0 Å². The lowest BCUT2D eigenvalue weighted by molar-refractivity contribution is -0.117. The zero-order valence-corrected chi connectivity index (χ0v) is 16.2. The number of hydrogen-bond donors (Lipinski definition) is 1. The summed E-state index contributed by atoms with van der Waals surface area (Å²) in [7, 11) is 0. The number of carbonyl (C=O) groups excluding carboxylic acids is 2. The van der Waals surface area contributed by atoms with E-state index in [1.165, 1.54) is 0 Å². The average molecular weight is 376 g/mol. The molecule has 6 nitrogen and oxygen atoms in total. The second-order valence-corrected chi connectivity index (χ2v) is 7.61. The molecule has 1 aliphatic carbocycles. The lowest BCUT2D eigenvalue weighted by Crippen LogP contribution is -2.14. The monoisotopic (exact) mass is 376 g/mol. The number of pyridine rings is 1. The Balaban J connectivity index is 1.58. The minimum atomic E-state index is -0.0124. The van der Waals surface area contributed by atoms with Gasteiger partial charge >= 0.3 is 0 Å². The van der Waals surface area contributed by atoms with Crippen molar-refractivity contribution in [3.8, 4) is 11.1 Å². The maximum Gasteiger partial charge on any atom is 0.249 e. The number of rotatable bonds is 7. The van der Waals surface area contributed by atoms with E-state index in [0.29, 0.717) is 23.9 Å². The quantitative estimate of drug-likeness (QED) is 0.622. The number of anilines is 1. The van der Waals surface area contributed by atoms with Gasteiger partial charge in [-0.1, -0.05) is 44.5 Å². The summed E-state index contributed by atoms with van der Waals surface area (Å²) in [5.41, 5.74) is 3.27. The van der Waals surface area contributed by atoms with Gasteiger partial charge in [0.1, 0.15) is 0 Å². The van der Waals surface area contributed by atoms with Crippen LogP contribution in [0, 0.1) is 11.8 Å². The molecular formula is C22H24N4O2. The largest absolute Gasteiger partial charge is 0.294 e. The fraction of sp³-hybridized carbons (Fsp3) is 0.364. The van der Waals surface area contributed by atoms with Crippen molar-refractivity contribution in [2.45, 2.75) is 39.5 Å². The first-order valence-electron chi connectivity index (χ1n) is 9.85. The van der Waals surface area contributed by atoms with Gasteiger partial charge in [0, 0.05) is 29.7 Å². The molecule has 6 heteroatoms. The summed E-state index contributed by atoms with van der Waals surface area (Å²) in [6.07, 6.45) is 5.25. The molecule has 28 heavy (non-hydrogen) atoms. The molecule has 1 fully saturated rings. The summed E-state index contributed by atoms with van der Waals surface area (Å²) in [5, 5.41) is 7.15. The molecule has 0 bridgehead atoms. The van der Waals surface area contributed by atoms with Gasteiger partial charge in [-0.25, -0.2) is 4.52 Å². The molecule has 0 aliphatic heterocycles. The summed E-state index contributed by atoms with van der Waals surface area (Å²) >= 11 is 0. The Bertz CT molecular complexity index is 1020. The van der Waals surface area contributed by atoms with E-state index >= 15 is 0 Å². The molecule has 144 valence electrons. The second kappa shape index (κ2) is 7.54. The molecule has 2 aromatic heterocycles. The first-order valence-corrected chi connectivity index (χ1v) is 9.85. The van der Waals surface area contributed by atoms with Crippen molar-refractivity contribution in [3.05, 3.63) is 48.2 Å². The van der Waals surface area contributed by atoms with Crippen LogP contribution in [0.3, 0.4) is 0 Å². The summed E-state index contributed by atoms with van der Waals surface area (Å²) < 4.78 is 1.67. The number of ketones is 1. The number of Topliss-reactive ketones (excluding diaryl/α,β-unsaturated/α-hetero) is 1. The van der Waals surface area contributed by atoms with Gasteiger partial charge in [0.2, 0.25) is 11.9 Å².